The standard InChI is InChI=1S/C30H38N6O5/c1-30(2,3)25-20(8-7-15-35(25)29(39)40)17-36-24(23(27(32)37)26(31)34-36)19-13-11-18(12-14-19)16-33-28(38)21-9-5-6-10-22(21)41-4/h5-6,9-14,20,25H,7-8,15-17H2,1-4H3,(H2,31,34)(H2,32,37)(H,33,38)(H,39,40)/t20-,25?/m0/s1. The molecule has 1 fully saturated rings. The van der Waals surface area contributed by atoms with Crippen LogP contribution in [0.5, 0.6) is 5.75 Å². The number of nitrogens with zero attached hydrogens (tertiary/aromatic N) is 3. The number of hydrogen-bond donors (Lipinski definition) is 4. The van der Waals surface area contributed by atoms with Gasteiger partial charge < -0.3 is 31.5 Å². The second kappa shape index (κ2) is 11.9. The maximum atomic E-state index is 12.7. The molecule has 0 radical (unpaired) electrons. The van der Waals surface area contributed by atoms with Gasteiger partial charge in [-0.15, -0.1) is 0 Å². The van der Waals surface area contributed by atoms with Crippen molar-refractivity contribution in [2.45, 2.75) is 52.7 Å². The second-order valence-corrected chi connectivity index (χ2v) is 11.4. The molecule has 1 saturated heterocycles. The molecule has 1 unspecified atom stereocenters. The lowest BCUT2D eigenvalue weighted by atomic mass is 9.74. The molecule has 1 aliphatic rings. The number of benzene rings is 2. The summed E-state index contributed by atoms with van der Waals surface area (Å²) in [6.45, 7) is 7.22. The van der Waals surface area contributed by atoms with Crippen LogP contribution in [-0.2, 0) is 13.1 Å². The predicted molar refractivity (Wildman–Crippen MR) is 155 cm³/mol. The molecule has 0 bridgehead atoms. The third-order valence-corrected chi connectivity index (χ3v) is 7.55. The first-order valence-electron chi connectivity index (χ1n) is 13.6. The minimum Gasteiger partial charge on any atom is -0.496 e. The van der Waals surface area contributed by atoms with Crippen LogP contribution in [0.1, 0.15) is 59.9 Å². The van der Waals surface area contributed by atoms with Gasteiger partial charge in [0.25, 0.3) is 11.8 Å². The fraction of sp³-hybridized carbons (Fsp3) is 0.400. The van der Waals surface area contributed by atoms with Crippen LogP contribution in [0.3, 0.4) is 0 Å². The number of rotatable bonds is 8. The topological polar surface area (TPSA) is 166 Å². The van der Waals surface area contributed by atoms with Crippen molar-refractivity contribution in [3.63, 3.8) is 0 Å². The molecule has 2 atom stereocenters. The van der Waals surface area contributed by atoms with Crippen LogP contribution in [0.15, 0.2) is 48.5 Å². The summed E-state index contributed by atoms with van der Waals surface area (Å²) in [7, 11) is 1.52. The molecule has 218 valence electrons. The average Bonchev–Trinajstić information content (AvgIpc) is 3.26. The number of anilines is 1. The number of carbonyl (C=O) groups excluding carboxylic acids is 2. The Balaban J connectivity index is 1.60. The summed E-state index contributed by atoms with van der Waals surface area (Å²) in [5, 5.41) is 17.3. The Hall–Kier alpha value is -4.54. The van der Waals surface area contributed by atoms with Crippen molar-refractivity contribution in [2.24, 2.45) is 17.1 Å². The average molecular weight is 563 g/mol. The zero-order chi connectivity index (χ0) is 29.9. The predicted octanol–water partition coefficient (Wildman–Crippen LogP) is 3.97. The Morgan fingerprint density at radius 1 is 1.12 bits per heavy atom. The van der Waals surface area contributed by atoms with E-state index < -0.39 is 12.0 Å². The summed E-state index contributed by atoms with van der Waals surface area (Å²) in [5.41, 5.74) is 14.2. The lowest BCUT2D eigenvalue weighted by Crippen LogP contribution is -2.55. The Kier molecular flexibility index (Phi) is 8.55. The van der Waals surface area contributed by atoms with E-state index in [4.69, 9.17) is 16.2 Å². The molecular formula is C30H38N6O5. The van der Waals surface area contributed by atoms with Crippen molar-refractivity contribution in [1.82, 2.24) is 20.0 Å². The van der Waals surface area contributed by atoms with Crippen LogP contribution < -0.4 is 21.5 Å². The zero-order valence-corrected chi connectivity index (χ0v) is 23.9. The molecular weight excluding hydrogens is 524 g/mol. The van der Waals surface area contributed by atoms with Gasteiger partial charge in [0, 0.05) is 31.2 Å². The molecule has 1 aromatic heterocycles. The molecule has 0 saturated carbocycles. The van der Waals surface area contributed by atoms with Crippen LogP contribution >= 0.6 is 0 Å². The van der Waals surface area contributed by atoms with Crippen LogP contribution in [-0.4, -0.2) is 57.4 Å². The first-order valence-corrected chi connectivity index (χ1v) is 13.6. The summed E-state index contributed by atoms with van der Waals surface area (Å²) >= 11 is 0. The van der Waals surface area contributed by atoms with E-state index in [0.29, 0.717) is 35.7 Å². The number of nitrogens with two attached hydrogens (primary N) is 2. The number of likely N-dealkylation sites (tertiary alicyclic amines) is 1. The van der Waals surface area contributed by atoms with Crippen molar-refractivity contribution in [2.75, 3.05) is 19.4 Å². The maximum absolute atomic E-state index is 12.7. The highest BCUT2D eigenvalue weighted by atomic mass is 16.5. The minimum absolute atomic E-state index is 0.0267. The number of ether oxygens (including phenoxy) is 1. The molecule has 3 aromatic rings. The molecule has 1 aliphatic heterocycles. The van der Waals surface area contributed by atoms with Gasteiger partial charge in [0.2, 0.25) is 0 Å². The summed E-state index contributed by atoms with van der Waals surface area (Å²) in [6, 6.07) is 14.1. The molecule has 11 heteroatoms. The smallest absolute Gasteiger partial charge is 0.407 e. The molecule has 6 N–H and O–H groups in total. The van der Waals surface area contributed by atoms with Crippen molar-refractivity contribution in [3.8, 4) is 17.0 Å². The van der Waals surface area contributed by atoms with Crippen LogP contribution in [0.25, 0.3) is 11.3 Å². The number of carbonyl (C=O) groups is 3. The third-order valence-electron chi connectivity index (χ3n) is 7.55. The molecule has 3 amide bonds. The lowest BCUT2D eigenvalue weighted by molar-refractivity contribution is 0.0163. The van der Waals surface area contributed by atoms with E-state index in [9.17, 15) is 19.5 Å². The molecule has 0 spiro atoms. The van der Waals surface area contributed by atoms with Gasteiger partial charge in [-0.25, -0.2) is 4.79 Å². The number of nitrogen functional groups attached to an aromatic ring is 1. The SMILES string of the molecule is COc1ccccc1C(=O)NCc1ccc(-c2c(C(N)=O)c(N)nn2C[C@@H]2CCCN(C(=O)O)C2C(C)(C)C)cc1. The van der Waals surface area contributed by atoms with E-state index in [1.54, 1.807) is 28.9 Å². The van der Waals surface area contributed by atoms with E-state index >= 15 is 0 Å². The van der Waals surface area contributed by atoms with E-state index in [1.165, 1.54) is 12.0 Å². The van der Waals surface area contributed by atoms with Crippen LogP contribution in [0.2, 0.25) is 0 Å². The monoisotopic (exact) mass is 562 g/mol. The van der Waals surface area contributed by atoms with Crippen molar-refractivity contribution < 1.29 is 24.2 Å². The minimum atomic E-state index is -0.943. The van der Waals surface area contributed by atoms with E-state index in [1.807, 2.05) is 45.0 Å². The molecule has 0 aliphatic carbocycles. The van der Waals surface area contributed by atoms with Gasteiger partial charge >= 0.3 is 6.09 Å². The number of aromatic nitrogens is 2. The summed E-state index contributed by atoms with van der Waals surface area (Å²) < 4.78 is 6.96. The molecule has 2 aromatic carbocycles. The molecule has 4 rings (SSSR count). The Morgan fingerprint density at radius 3 is 2.41 bits per heavy atom. The van der Waals surface area contributed by atoms with Crippen LogP contribution in [0, 0.1) is 11.3 Å². The Morgan fingerprint density at radius 2 is 1.80 bits per heavy atom. The fourth-order valence-corrected chi connectivity index (χ4v) is 5.92. The Labute approximate surface area is 239 Å². The van der Waals surface area contributed by atoms with Gasteiger partial charge in [0.1, 0.15) is 11.3 Å². The highest BCUT2D eigenvalue weighted by molar-refractivity contribution is 6.03. The lowest BCUT2D eigenvalue weighted by Gasteiger charge is -2.46. The number of methoxy groups -OCH3 is 1. The van der Waals surface area contributed by atoms with E-state index in [2.05, 4.69) is 10.4 Å². The number of carboxylic acid groups (broad SMARTS) is 1. The van der Waals surface area contributed by atoms with Gasteiger partial charge in [-0.1, -0.05) is 57.2 Å². The molecule has 2 heterocycles. The first-order chi connectivity index (χ1) is 19.4. The number of piperidine rings is 1. The number of para-hydroxylation sites is 1. The quantitative estimate of drug-likeness (QED) is 0.322. The number of hydrogen-bond acceptors (Lipinski definition) is 6. The fourth-order valence-electron chi connectivity index (χ4n) is 5.92. The van der Waals surface area contributed by atoms with Gasteiger partial charge in [-0.05, 0) is 41.9 Å². The summed E-state index contributed by atoms with van der Waals surface area (Å²) in [5.74, 6) is -0.491. The highest BCUT2D eigenvalue weighted by Gasteiger charge is 2.42. The van der Waals surface area contributed by atoms with Gasteiger partial charge in [-0.3, -0.25) is 14.3 Å². The van der Waals surface area contributed by atoms with Gasteiger partial charge in [0.15, 0.2) is 5.82 Å². The molecule has 41 heavy (non-hydrogen) atoms. The first kappa shape index (κ1) is 29.4. The molecule has 11 nitrogen and oxygen atoms in total. The zero-order valence-electron chi connectivity index (χ0n) is 23.9. The largest absolute Gasteiger partial charge is 0.496 e. The maximum Gasteiger partial charge on any atom is 0.407 e. The van der Waals surface area contributed by atoms with Gasteiger partial charge in [-0.2, -0.15) is 5.10 Å². The number of primary amides is 1. The highest BCUT2D eigenvalue weighted by Crippen LogP contribution is 2.38. The van der Waals surface area contributed by atoms with E-state index in [0.717, 1.165) is 18.4 Å². The summed E-state index contributed by atoms with van der Waals surface area (Å²) in [4.78, 5) is 38.8. The van der Waals surface area contributed by atoms with Crippen molar-refractivity contribution in [3.05, 3.63) is 65.2 Å². The Bertz CT molecular complexity index is 1430. The summed E-state index contributed by atoms with van der Waals surface area (Å²) in [6.07, 6.45) is 0.593. The van der Waals surface area contributed by atoms with Crippen LogP contribution in [0.4, 0.5) is 10.6 Å². The van der Waals surface area contributed by atoms with Crippen molar-refractivity contribution >= 4 is 23.7 Å². The van der Waals surface area contributed by atoms with Crippen molar-refractivity contribution in [1.29, 1.82) is 0 Å². The second-order valence-electron chi connectivity index (χ2n) is 11.4. The number of amides is 3. The third kappa shape index (κ3) is 6.29. The number of nitrogens with one attached hydrogen (secondary N) is 1. The van der Waals surface area contributed by atoms with Gasteiger partial charge in [0.05, 0.1) is 18.4 Å². The normalized spacial score (nSPS) is 17.2. The van der Waals surface area contributed by atoms with E-state index in [-0.39, 0.29) is 41.2 Å².